The topological polar surface area (TPSA) is 24.3 Å². The van der Waals surface area contributed by atoms with E-state index in [0.717, 1.165) is 18.9 Å². The first-order chi connectivity index (χ1) is 26.5. The van der Waals surface area contributed by atoms with E-state index >= 15 is 0 Å². The minimum atomic E-state index is -0.0241. The van der Waals surface area contributed by atoms with Crippen molar-refractivity contribution in [3.05, 3.63) is 180 Å². The van der Waals surface area contributed by atoms with Crippen molar-refractivity contribution in [2.24, 2.45) is 0 Å². The summed E-state index contributed by atoms with van der Waals surface area (Å²) in [7, 11) is 0. The third-order valence-corrected chi connectivity index (χ3v) is 11.2. The van der Waals surface area contributed by atoms with Gasteiger partial charge in [-0.1, -0.05) is 139 Å². The van der Waals surface area contributed by atoms with E-state index in [4.69, 9.17) is 4.98 Å². The Morgan fingerprint density at radius 2 is 1.16 bits per heavy atom. The van der Waals surface area contributed by atoms with Gasteiger partial charge in [-0.05, 0) is 99.7 Å². The van der Waals surface area contributed by atoms with Gasteiger partial charge in [0, 0.05) is 28.2 Å². The fraction of sp³-hybridized carbons (Fsp3) is 0.196. The Bertz CT molecular complexity index is 2690. The van der Waals surface area contributed by atoms with Crippen LogP contribution in [0, 0.1) is 0 Å². The van der Waals surface area contributed by atoms with Gasteiger partial charge in [0.25, 0.3) is 0 Å². The average molecular weight is 717 g/mol. The molecule has 0 saturated heterocycles. The second kappa shape index (κ2) is 13.3. The van der Waals surface area contributed by atoms with Gasteiger partial charge in [0.15, 0.2) is 0 Å². The molecular formula is C51H48N4. The Labute approximate surface area is 325 Å². The summed E-state index contributed by atoms with van der Waals surface area (Å²) in [6.45, 7) is 14.5. The molecular weight excluding hydrogens is 669 g/mol. The van der Waals surface area contributed by atoms with Crippen LogP contribution in [0.2, 0.25) is 0 Å². The van der Waals surface area contributed by atoms with Crippen LogP contribution in [0.3, 0.4) is 0 Å². The summed E-state index contributed by atoms with van der Waals surface area (Å²) in [6, 6.07) is 55.7. The van der Waals surface area contributed by atoms with Gasteiger partial charge in [-0.2, -0.15) is 0 Å². The second-order valence-corrected chi connectivity index (χ2v) is 17.0. The standard InChI is InChI=1S/C51H48N4/c1-50(2,3)38-26-27-52-49(33-38)55-45-21-13-11-19-42(45)43-25-24-35(31-48(43)55)28-36-29-39(51(4,5)6)32-40(30-36)53-34-54(47-23-15-14-22-46(47)53)44-20-12-10-18-41(44)37-16-8-7-9-17-37/h7-27,29-33H,28,34H2,1-6H3. The smallest absolute Gasteiger partial charge is 0.137 e. The Morgan fingerprint density at radius 3 is 1.93 bits per heavy atom. The normalized spacial score (nSPS) is 13.2. The molecule has 8 aromatic rings. The molecule has 55 heavy (non-hydrogen) atoms. The third-order valence-electron chi connectivity index (χ3n) is 11.2. The van der Waals surface area contributed by atoms with Crippen LogP contribution in [0.25, 0.3) is 38.8 Å². The van der Waals surface area contributed by atoms with Gasteiger partial charge >= 0.3 is 0 Å². The highest BCUT2D eigenvalue weighted by Crippen LogP contribution is 2.47. The van der Waals surface area contributed by atoms with Crippen LogP contribution < -0.4 is 9.80 Å². The number of para-hydroxylation sites is 4. The third kappa shape index (κ3) is 6.36. The van der Waals surface area contributed by atoms with E-state index in [0.29, 0.717) is 0 Å². The number of hydrogen-bond acceptors (Lipinski definition) is 3. The van der Waals surface area contributed by atoms with Crippen LogP contribution in [0.5, 0.6) is 0 Å². The lowest BCUT2D eigenvalue weighted by Gasteiger charge is -2.27. The van der Waals surface area contributed by atoms with E-state index in [2.05, 4.69) is 208 Å². The molecule has 272 valence electrons. The van der Waals surface area contributed by atoms with Crippen molar-refractivity contribution in [1.29, 1.82) is 0 Å². The van der Waals surface area contributed by atoms with Crippen LogP contribution in [-0.4, -0.2) is 16.2 Å². The summed E-state index contributed by atoms with van der Waals surface area (Å²) in [4.78, 5) is 9.89. The Hall–Kier alpha value is -6.13. The fourth-order valence-corrected chi connectivity index (χ4v) is 8.19. The lowest BCUT2D eigenvalue weighted by atomic mass is 9.85. The number of pyridine rings is 1. The first-order valence-corrected chi connectivity index (χ1v) is 19.4. The number of aromatic nitrogens is 2. The van der Waals surface area contributed by atoms with Crippen LogP contribution in [-0.2, 0) is 17.3 Å². The summed E-state index contributed by atoms with van der Waals surface area (Å²) in [5, 5.41) is 2.49. The maximum absolute atomic E-state index is 4.93. The van der Waals surface area contributed by atoms with Crippen molar-refractivity contribution in [3.63, 3.8) is 0 Å². The number of rotatable bonds is 6. The predicted octanol–water partition coefficient (Wildman–Crippen LogP) is 13.3. The number of nitrogens with zero attached hydrogens (tertiary/aromatic N) is 4. The van der Waals surface area contributed by atoms with E-state index in [1.165, 1.54) is 77.9 Å². The highest BCUT2D eigenvalue weighted by Gasteiger charge is 2.30. The quantitative estimate of drug-likeness (QED) is 0.171. The lowest BCUT2D eigenvalue weighted by molar-refractivity contribution is 0.588. The molecule has 0 unspecified atom stereocenters. The second-order valence-electron chi connectivity index (χ2n) is 17.0. The molecule has 3 heterocycles. The van der Waals surface area contributed by atoms with E-state index in [1.54, 1.807) is 0 Å². The first kappa shape index (κ1) is 34.6. The zero-order chi connectivity index (χ0) is 37.9. The number of benzene rings is 6. The van der Waals surface area contributed by atoms with Crippen LogP contribution in [0.4, 0.5) is 22.7 Å². The van der Waals surface area contributed by atoms with Crippen molar-refractivity contribution in [2.75, 3.05) is 16.5 Å². The van der Waals surface area contributed by atoms with Gasteiger partial charge in [-0.15, -0.1) is 0 Å². The largest absolute Gasteiger partial charge is 0.321 e. The SMILES string of the molecule is CC(C)(C)c1cc(Cc2ccc3c4ccccc4n(-c4cc(C(C)(C)C)ccn4)c3c2)cc(N2CN(c3ccccc3-c3ccccc3)c3ccccc32)c1. The molecule has 0 N–H and O–H groups in total. The van der Waals surface area contributed by atoms with Gasteiger partial charge in [0.2, 0.25) is 0 Å². The molecule has 0 atom stereocenters. The summed E-state index contributed by atoms with van der Waals surface area (Å²) in [5.74, 6) is 0.957. The molecule has 6 aromatic carbocycles. The van der Waals surface area contributed by atoms with Gasteiger partial charge in [-0.3, -0.25) is 4.57 Å². The Kier molecular flexibility index (Phi) is 8.38. The van der Waals surface area contributed by atoms with Crippen molar-refractivity contribution in [1.82, 2.24) is 9.55 Å². The maximum Gasteiger partial charge on any atom is 0.137 e. The van der Waals surface area contributed by atoms with Crippen LogP contribution in [0.1, 0.15) is 63.8 Å². The molecule has 4 heteroatoms. The van der Waals surface area contributed by atoms with E-state index < -0.39 is 0 Å². The summed E-state index contributed by atoms with van der Waals surface area (Å²) < 4.78 is 2.35. The number of hydrogen-bond donors (Lipinski definition) is 0. The molecule has 0 bridgehead atoms. The van der Waals surface area contributed by atoms with E-state index in [9.17, 15) is 0 Å². The Balaban J connectivity index is 1.13. The van der Waals surface area contributed by atoms with Gasteiger partial charge in [0.1, 0.15) is 12.5 Å². The molecule has 1 aliphatic rings. The van der Waals surface area contributed by atoms with Gasteiger partial charge < -0.3 is 9.80 Å². The Morgan fingerprint density at radius 1 is 0.509 bits per heavy atom. The molecule has 0 saturated carbocycles. The van der Waals surface area contributed by atoms with Crippen molar-refractivity contribution >= 4 is 44.6 Å². The highest BCUT2D eigenvalue weighted by atomic mass is 15.4. The average Bonchev–Trinajstić information content (AvgIpc) is 3.74. The molecule has 0 aliphatic carbocycles. The maximum atomic E-state index is 4.93. The molecule has 4 nitrogen and oxygen atoms in total. The fourth-order valence-electron chi connectivity index (χ4n) is 8.19. The van der Waals surface area contributed by atoms with Crippen molar-refractivity contribution in [3.8, 4) is 16.9 Å². The van der Waals surface area contributed by atoms with Gasteiger partial charge in [0.05, 0.1) is 28.1 Å². The molecule has 0 fully saturated rings. The monoisotopic (exact) mass is 716 g/mol. The molecule has 9 rings (SSSR count). The molecule has 0 spiro atoms. The zero-order valence-electron chi connectivity index (χ0n) is 32.7. The van der Waals surface area contributed by atoms with Crippen molar-refractivity contribution in [2.45, 2.75) is 58.8 Å². The molecule has 2 aromatic heterocycles. The van der Waals surface area contributed by atoms with Crippen molar-refractivity contribution < 1.29 is 0 Å². The molecule has 1 aliphatic heterocycles. The van der Waals surface area contributed by atoms with Crippen LogP contribution in [0.15, 0.2) is 158 Å². The van der Waals surface area contributed by atoms with E-state index in [-0.39, 0.29) is 10.8 Å². The minimum Gasteiger partial charge on any atom is -0.321 e. The van der Waals surface area contributed by atoms with Crippen LogP contribution >= 0.6 is 0 Å². The summed E-state index contributed by atoms with van der Waals surface area (Å²) in [5.41, 5.74) is 14.9. The van der Waals surface area contributed by atoms with Gasteiger partial charge in [-0.25, -0.2) is 4.98 Å². The number of anilines is 4. The first-order valence-electron chi connectivity index (χ1n) is 19.4. The lowest BCUT2D eigenvalue weighted by Crippen LogP contribution is -2.25. The molecule has 0 amide bonds. The summed E-state index contributed by atoms with van der Waals surface area (Å²) >= 11 is 0. The highest BCUT2D eigenvalue weighted by molar-refractivity contribution is 6.09. The molecule has 0 radical (unpaired) electrons. The zero-order valence-corrected chi connectivity index (χ0v) is 32.7. The summed E-state index contributed by atoms with van der Waals surface area (Å²) in [6.07, 6.45) is 2.78. The van der Waals surface area contributed by atoms with E-state index in [1.807, 2.05) is 6.20 Å². The number of fused-ring (bicyclic) bond motifs is 4. The minimum absolute atomic E-state index is 0.0234. The predicted molar refractivity (Wildman–Crippen MR) is 233 cm³/mol.